The van der Waals surface area contributed by atoms with Crippen molar-refractivity contribution in [2.75, 3.05) is 24.3 Å². The van der Waals surface area contributed by atoms with Crippen molar-refractivity contribution in [2.45, 2.75) is 6.54 Å². The zero-order chi connectivity index (χ0) is 14.8. The lowest BCUT2D eigenvalue weighted by Gasteiger charge is -2.19. The summed E-state index contributed by atoms with van der Waals surface area (Å²) in [5.41, 5.74) is 2.38. The third kappa shape index (κ3) is 2.62. The van der Waals surface area contributed by atoms with Crippen molar-refractivity contribution in [1.29, 1.82) is 0 Å². The van der Waals surface area contributed by atoms with Gasteiger partial charge in [-0.1, -0.05) is 12.1 Å². The molecule has 2 heterocycles. The molecule has 0 aliphatic heterocycles. The molecule has 2 N–H and O–H groups in total. The maximum atomic E-state index is 13.0. The van der Waals surface area contributed by atoms with Gasteiger partial charge in [-0.25, -0.2) is 9.37 Å². The number of halogens is 1. The Balaban J connectivity index is 1.94. The molecule has 0 spiro atoms. The SMILES string of the molecule is CNc1nc(N(C)Cc2ccc(F)cc2)c2[nH]cnc2n1. The second kappa shape index (κ2) is 5.35. The number of aromatic nitrogens is 4. The van der Waals surface area contributed by atoms with E-state index in [-0.39, 0.29) is 5.82 Å². The fraction of sp³-hybridized carbons (Fsp3) is 0.214. The summed E-state index contributed by atoms with van der Waals surface area (Å²) in [5.74, 6) is 1.01. The van der Waals surface area contributed by atoms with E-state index in [2.05, 4.69) is 25.3 Å². The Morgan fingerprint density at radius 3 is 2.71 bits per heavy atom. The predicted octanol–water partition coefficient (Wildman–Crippen LogP) is 2.17. The average molecular weight is 286 g/mol. The van der Waals surface area contributed by atoms with Crippen molar-refractivity contribution in [3.8, 4) is 0 Å². The van der Waals surface area contributed by atoms with E-state index < -0.39 is 0 Å². The highest BCUT2D eigenvalue weighted by Gasteiger charge is 2.13. The highest BCUT2D eigenvalue weighted by atomic mass is 19.1. The average Bonchev–Trinajstić information content (AvgIpc) is 2.96. The van der Waals surface area contributed by atoms with Gasteiger partial charge in [-0.3, -0.25) is 0 Å². The number of H-pyrrole nitrogens is 1. The van der Waals surface area contributed by atoms with Gasteiger partial charge in [0, 0.05) is 20.6 Å². The molecule has 0 saturated carbocycles. The molecule has 0 aliphatic carbocycles. The molecular weight excluding hydrogens is 271 g/mol. The van der Waals surface area contributed by atoms with E-state index in [1.165, 1.54) is 12.1 Å². The minimum Gasteiger partial charge on any atom is -0.357 e. The highest BCUT2D eigenvalue weighted by molar-refractivity contribution is 5.84. The summed E-state index contributed by atoms with van der Waals surface area (Å²) < 4.78 is 13.0. The van der Waals surface area contributed by atoms with Crippen molar-refractivity contribution in [3.63, 3.8) is 0 Å². The summed E-state index contributed by atoms with van der Waals surface area (Å²) >= 11 is 0. The zero-order valence-corrected chi connectivity index (χ0v) is 11.8. The van der Waals surface area contributed by atoms with Crippen LogP contribution in [0.1, 0.15) is 5.56 Å². The van der Waals surface area contributed by atoms with E-state index in [0.717, 1.165) is 16.9 Å². The van der Waals surface area contributed by atoms with E-state index in [1.807, 2.05) is 11.9 Å². The molecule has 0 saturated heterocycles. The minimum atomic E-state index is -0.239. The van der Waals surface area contributed by atoms with Crippen LogP contribution in [0.2, 0.25) is 0 Å². The fourth-order valence-electron chi connectivity index (χ4n) is 2.14. The van der Waals surface area contributed by atoms with Crippen LogP contribution >= 0.6 is 0 Å². The van der Waals surface area contributed by atoms with E-state index >= 15 is 0 Å². The lowest BCUT2D eigenvalue weighted by Crippen LogP contribution is -2.19. The number of imidazole rings is 1. The Labute approximate surface area is 121 Å². The molecule has 0 fully saturated rings. The van der Waals surface area contributed by atoms with E-state index in [4.69, 9.17) is 0 Å². The van der Waals surface area contributed by atoms with Crippen LogP contribution in [0, 0.1) is 5.82 Å². The normalized spacial score (nSPS) is 10.8. The lowest BCUT2D eigenvalue weighted by molar-refractivity contribution is 0.627. The minimum absolute atomic E-state index is 0.239. The molecule has 0 radical (unpaired) electrons. The maximum Gasteiger partial charge on any atom is 0.226 e. The number of nitrogens with zero attached hydrogens (tertiary/aromatic N) is 4. The molecule has 21 heavy (non-hydrogen) atoms. The summed E-state index contributed by atoms with van der Waals surface area (Å²) in [6.45, 7) is 0.606. The number of benzene rings is 1. The Morgan fingerprint density at radius 2 is 2.00 bits per heavy atom. The smallest absolute Gasteiger partial charge is 0.226 e. The molecule has 0 aliphatic rings. The van der Waals surface area contributed by atoms with Crippen molar-refractivity contribution in [2.24, 2.45) is 0 Å². The van der Waals surface area contributed by atoms with Gasteiger partial charge in [0.15, 0.2) is 11.5 Å². The Bertz CT molecular complexity index is 752. The number of nitrogens with one attached hydrogen (secondary N) is 2. The predicted molar refractivity (Wildman–Crippen MR) is 79.7 cm³/mol. The van der Waals surface area contributed by atoms with E-state index in [0.29, 0.717) is 18.1 Å². The third-order valence-electron chi connectivity index (χ3n) is 3.18. The number of hydrogen-bond donors (Lipinski definition) is 2. The molecule has 0 unspecified atom stereocenters. The first-order valence-electron chi connectivity index (χ1n) is 6.52. The summed E-state index contributed by atoms with van der Waals surface area (Å²) in [5, 5.41) is 2.92. The highest BCUT2D eigenvalue weighted by Crippen LogP contribution is 2.23. The fourth-order valence-corrected chi connectivity index (χ4v) is 2.14. The summed E-state index contributed by atoms with van der Waals surface area (Å²) in [4.78, 5) is 17.9. The third-order valence-corrected chi connectivity index (χ3v) is 3.18. The Morgan fingerprint density at radius 1 is 1.24 bits per heavy atom. The first-order chi connectivity index (χ1) is 10.2. The van der Waals surface area contributed by atoms with E-state index in [9.17, 15) is 4.39 Å². The zero-order valence-electron chi connectivity index (χ0n) is 11.8. The lowest BCUT2D eigenvalue weighted by atomic mass is 10.2. The quantitative estimate of drug-likeness (QED) is 0.769. The van der Waals surface area contributed by atoms with Crippen LogP contribution in [0.4, 0.5) is 16.2 Å². The van der Waals surface area contributed by atoms with Gasteiger partial charge in [0.05, 0.1) is 6.33 Å². The first kappa shape index (κ1) is 13.3. The van der Waals surface area contributed by atoms with Gasteiger partial charge < -0.3 is 15.2 Å². The molecule has 2 aromatic heterocycles. The second-order valence-electron chi connectivity index (χ2n) is 4.70. The van der Waals surface area contributed by atoms with Gasteiger partial charge in [-0.05, 0) is 17.7 Å². The Kier molecular flexibility index (Phi) is 3.39. The molecule has 3 aromatic rings. The maximum absolute atomic E-state index is 13.0. The van der Waals surface area contributed by atoms with Gasteiger partial charge in [0.1, 0.15) is 11.3 Å². The molecule has 6 nitrogen and oxygen atoms in total. The van der Waals surface area contributed by atoms with Crippen molar-refractivity contribution in [3.05, 3.63) is 42.0 Å². The van der Waals surface area contributed by atoms with Gasteiger partial charge in [-0.2, -0.15) is 9.97 Å². The topological polar surface area (TPSA) is 69.7 Å². The number of hydrogen-bond acceptors (Lipinski definition) is 5. The number of rotatable bonds is 4. The summed E-state index contributed by atoms with van der Waals surface area (Å²) in [7, 11) is 3.68. The van der Waals surface area contributed by atoms with Crippen LogP contribution in [-0.4, -0.2) is 34.0 Å². The molecule has 0 atom stereocenters. The molecule has 7 heteroatoms. The summed E-state index contributed by atoms with van der Waals surface area (Å²) in [6.07, 6.45) is 1.59. The van der Waals surface area contributed by atoms with Crippen LogP contribution < -0.4 is 10.2 Å². The Hall–Kier alpha value is -2.70. The second-order valence-corrected chi connectivity index (χ2v) is 4.70. The number of anilines is 2. The summed E-state index contributed by atoms with van der Waals surface area (Å²) in [6, 6.07) is 6.42. The monoisotopic (exact) mass is 286 g/mol. The standard InChI is InChI=1S/C14H15FN6/c1-16-14-19-12-11(17-8-18-12)13(20-14)21(2)7-9-3-5-10(15)6-4-9/h3-6,8H,7H2,1-2H3,(H2,16,17,18,19,20). The van der Waals surface area contributed by atoms with Crippen LogP contribution in [0.3, 0.4) is 0 Å². The van der Waals surface area contributed by atoms with Crippen LogP contribution in [0.15, 0.2) is 30.6 Å². The van der Waals surface area contributed by atoms with Crippen molar-refractivity contribution in [1.82, 2.24) is 19.9 Å². The number of fused-ring (bicyclic) bond motifs is 1. The van der Waals surface area contributed by atoms with Gasteiger partial charge in [-0.15, -0.1) is 0 Å². The molecule has 3 rings (SSSR count). The molecular formula is C14H15FN6. The van der Waals surface area contributed by atoms with E-state index in [1.54, 1.807) is 25.5 Å². The van der Waals surface area contributed by atoms with Crippen LogP contribution in [0.5, 0.6) is 0 Å². The largest absolute Gasteiger partial charge is 0.357 e. The van der Waals surface area contributed by atoms with Crippen molar-refractivity contribution >= 4 is 22.9 Å². The number of aromatic amines is 1. The van der Waals surface area contributed by atoms with Gasteiger partial charge in [0.25, 0.3) is 0 Å². The van der Waals surface area contributed by atoms with Crippen LogP contribution in [-0.2, 0) is 6.54 Å². The van der Waals surface area contributed by atoms with Gasteiger partial charge in [0.2, 0.25) is 5.95 Å². The van der Waals surface area contributed by atoms with Crippen molar-refractivity contribution < 1.29 is 4.39 Å². The molecule has 0 bridgehead atoms. The van der Waals surface area contributed by atoms with Gasteiger partial charge >= 0.3 is 0 Å². The van der Waals surface area contributed by atoms with Crippen LogP contribution in [0.25, 0.3) is 11.2 Å². The molecule has 108 valence electrons. The first-order valence-corrected chi connectivity index (χ1v) is 6.52. The molecule has 1 aromatic carbocycles. The molecule has 0 amide bonds.